The number of likely N-dealkylation sites (tertiary alicyclic amines) is 1. The first kappa shape index (κ1) is 23.6. The fourth-order valence-corrected chi connectivity index (χ4v) is 5.91. The maximum atomic E-state index is 13.2. The molecule has 0 saturated carbocycles. The molecule has 1 atom stereocenters. The van der Waals surface area contributed by atoms with Crippen molar-refractivity contribution in [2.24, 2.45) is 5.92 Å². The maximum absolute atomic E-state index is 13.2. The average molecular weight is 479 g/mol. The minimum atomic E-state index is 0.0737. The van der Waals surface area contributed by atoms with Gasteiger partial charge in [0.05, 0.1) is 11.1 Å². The molecule has 1 aliphatic heterocycles. The highest BCUT2D eigenvalue weighted by Gasteiger charge is 2.33. The predicted octanol–water partition coefficient (Wildman–Crippen LogP) is 5.71. The minimum absolute atomic E-state index is 0.0737. The number of benzene rings is 2. The van der Waals surface area contributed by atoms with Crippen molar-refractivity contribution >= 4 is 34.9 Å². The zero-order chi connectivity index (χ0) is 23.2. The molecule has 0 N–H and O–H groups in total. The van der Waals surface area contributed by atoms with Crippen LogP contribution in [0.2, 0.25) is 0 Å². The molecule has 2 amide bonds. The number of piperidine rings is 1. The van der Waals surface area contributed by atoms with Crippen molar-refractivity contribution in [3.05, 3.63) is 88.1 Å². The van der Waals surface area contributed by atoms with Gasteiger partial charge in [0.2, 0.25) is 0 Å². The standard InChI is InChI=1S/C27H30N2O2S2/c1-28(26(30)22-14-17-33-19-22)24(18-20-8-4-3-5-9-20)21-12-15-29(16-13-21)27(31)23-10-6-7-11-25(23)32-2/h3-11,14,17,19,21,24H,12-13,15-16,18H2,1-2H3/t24-/m0/s1. The van der Waals surface area contributed by atoms with Gasteiger partial charge in [-0.05, 0) is 60.6 Å². The van der Waals surface area contributed by atoms with Crippen LogP contribution in [0, 0.1) is 5.92 Å². The normalized spacial score (nSPS) is 15.3. The van der Waals surface area contributed by atoms with E-state index in [1.165, 1.54) is 5.56 Å². The summed E-state index contributed by atoms with van der Waals surface area (Å²) in [6.45, 7) is 1.44. The molecular formula is C27H30N2O2S2. The van der Waals surface area contributed by atoms with Crippen LogP contribution in [0.15, 0.2) is 76.3 Å². The number of rotatable bonds is 7. The van der Waals surface area contributed by atoms with E-state index in [-0.39, 0.29) is 17.9 Å². The van der Waals surface area contributed by atoms with Gasteiger partial charge in [0.1, 0.15) is 0 Å². The maximum Gasteiger partial charge on any atom is 0.254 e. The van der Waals surface area contributed by atoms with E-state index in [9.17, 15) is 9.59 Å². The Labute approximate surface area is 204 Å². The molecule has 2 aromatic carbocycles. The topological polar surface area (TPSA) is 40.6 Å². The highest BCUT2D eigenvalue weighted by atomic mass is 32.2. The molecule has 0 aliphatic carbocycles. The first-order chi connectivity index (χ1) is 16.1. The summed E-state index contributed by atoms with van der Waals surface area (Å²) in [5.74, 6) is 0.530. The van der Waals surface area contributed by atoms with E-state index < -0.39 is 0 Å². The number of thiophene rings is 1. The number of likely N-dealkylation sites (N-methyl/N-ethyl adjacent to an activating group) is 1. The molecule has 0 radical (unpaired) electrons. The lowest BCUT2D eigenvalue weighted by atomic mass is 9.84. The summed E-state index contributed by atoms with van der Waals surface area (Å²) in [5.41, 5.74) is 2.77. The molecule has 172 valence electrons. The molecule has 1 fully saturated rings. The van der Waals surface area contributed by atoms with Crippen molar-refractivity contribution in [3.63, 3.8) is 0 Å². The van der Waals surface area contributed by atoms with Gasteiger partial charge in [-0.25, -0.2) is 0 Å². The summed E-state index contributed by atoms with van der Waals surface area (Å²) in [5, 5.41) is 3.87. The third-order valence-electron chi connectivity index (χ3n) is 6.58. The van der Waals surface area contributed by atoms with E-state index in [0.29, 0.717) is 5.92 Å². The second kappa shape index (κ2) is 11.0. The molecule has 2 heterocycles. The Hall–Kier alpha value is -2.57. The Morgan fingerprint density at radius 3 is 2.42 bits per heavy atom. The predicted molar refractivity (Wildman–Crippen MR) is 137 cm³/mol. The molecule has 0 unspecified atom stereocenters. The summed E-state index contributed by atoms with van der Waals surface area (Å²) < 4.78 is 0. The molecule has 1 saturated heterocycles. The van der Waals surface area contributed by atoms with Gasteiger partial charge in [-0.2, -0.15) is 11.3 Å². The van der Waals surface area contributed by atoms with Crippen LogP contribution in [0.5, 0.6) is 0 Å². The lowest BCUT2D eigenvalue weighted by Gasteiger charge is -2.40. The minimum Gasteiger partial charge on any atom is -0.339 e. The Morgan fingerprint density at radius 1 is 1.06 bits per heavy atom. The molecule has 4 rings (SSSR count). The number of amides is 2. The van der Waals surface area contributed by atoms with Crippen LogP contribution in [0.1, 0.15) is 39.1 Å². The van der Waals surface area contributed by atoms with Crippen LogP contribution in [0.25, 0.3) is 0 Å². The van der Waals surface area contributed by atoms with Crippen molar-refractivity contribution in [2.45, 2.75) is 30.2 Å². The quantitative estimate of drug-likeness (QED) is 0.409. The zero-order valence-electron chi connectivity index (χ0n) is 19.1. The van der Waals surface area contributed by atoms with Gasteiger partial charge in [-0.1, -0.05) is 42.5 Å². The second-order valence-electron chi connectivity index (χ2n) is 8.52. The van der Waals surface area contributed by atoms with Gasteiger partial charge in [-0.3, -0.25) is 9.59 Å². The summed E-state index contributed by atoms with van der Waals surface area (Å²) in [6.07, 6.45) is 4.62. The summed E-state index contributed by atoms with van der Waals surface area (Å²) in [7, 11) is 1.93. The third-order valence-corrected chi connectivity index (χ3v) is 8.06. The first-order valence-electron chi connectivity index (χ1n) is 11.3. The van der Waals surface area contributed by atoms with Gasteiger partial charge in [0, 0.05) is 36.5 Å². The van der Waals surface area contributed by atoms with Gasteiger partial charge in [0.15, 0.2) is 0 Å². The molecule has 1 aromatic heterocycles. The number of hydrogen-bond donors (Lipinski definition) is 0. The van der Waals surface area contributed by atoms with E-state index in [0.717, 1.165) is 48.4 Å². The number of thioether (sulfide) groups is 1. The van der Waals surface area contributed by atoms with Crippen LogP contribution >= 0.6 is 23.1 Å². The second-order valence-corrected chi connectivity index (χ2v) is 10.1. The van der Waals surface area contributed by atoms with Crippen LogP contribution in [-0.2, 0) is 6.42 Å². The van der Waals surface area contributed by atoms with Crippen LogP contribution < -0.4 is 0 Å². The van der Waals surface area contributed by atoms with E-state index in [4.69, 9.17) is 0 Å². The van der Waals surface area contributed by atoms with Gasteiger partial charge in [0.25, 0.3) is 11.8 Å². The Balaban J connectivity index is 1.49. The fourth-order valence-electron chi connectivity index (χ4n) is 4.69. The Bertz CT molecular complexity index is 1060. The van der Waals surface area contributed by atoms with Gasteiger partial charge in [-0.15, -0.1) is 11.8 Å². The Kier molecular flexibility index (Phi) is 7.89. The van der Waals surface area contributed by atoms with Crippen LogP contribution in [0.3, 0.4) is 0 Å². The number of carbonyl (C=O) groups excluding carboxylic acids is 2. The monoisotopic (exact) mass is 478 g/mol. The zero-order valence-corrected chi connectivity index (χ0v) is 20.8. The smallest absolute Gasteiger partial charge is 0.254 e. The molecule has 1 aliphatic rings. The third kappa shape index (κ3) is 5.50. The number of carbonyl (C=O) groups is 2. The van der Waals surface area contributed by atoms with Crippen LogP contribution in [-0.4, -0.2) is 54.0 Å². The molecule has 0 bridgehead atoms. The SMILES string of the molecule is CSc1ccccc1C(=O)N1CCC([C@H](Cc2ccccc2)N(C)C(=O)c2ccsc2)CC1. The lowest BCUT2D eigenvalue weighted by molar-refractivity contribution is 0.0521. The highest BCUT2D eigenvalue weighted by molar-refractivity contribution is 7.98. The molecule has 33 heavy (non-hydrogen) atoms. The first-order valence-corrected chi connectivity index (χ1v) is 13.5. The van der Waals surface area contributed by atoms with Crippen molar-refractivity contribution < 1.29 is 9.59 Å². The van der Waals surface area contributed by atoms with E-state index in [1.807, 2.05) is 70.3 Å². The average Bonchev–Trinajstić information content (AvgIpc) is 3.42. The Morgan fingerprint density at radius 2 is 1.76 bits per heavy atom. The van der Waals surface area contributed by atoms with Crippen molar-refractivity contribution in [1.82, 2.24) is 9.80 Å². The summed E-state index contributed by atoms with van der Waals surface area (Å²) in [6, 6.07) is 20.2. The van der Waals surface area contributed by atoms with Crippen LogP contribution in [0.4, 0.5) is 0 Å². The van der Waals surface area contributed by atoms with Gasteiger partial charge < -0.3 is 9.80 Å². The largest absolute Gasteiger partial charge is 0.339 e. The molecule has 0 spiro atoms. The number of nitrogens with zero attached hydrogens (tertiary/aromatic N) is 2. The number of hydrogen-bond acceptors (Lipinski definition) is 4. The highest BCUT2D eigenvalue weighted by Crippen LogP contribution is 2.29. The molecule has 4 nitrogen and oxygen atoms in total. The molecular weight excluding hydrogens is 448 g/mol. The van der Waals surface area contributed by atoms with E-state index >= 15 is 0 Å². The van der Waals surface area contributed by atoms with E-state index in [1.54, 1.807) is 23.1 Å². The fraction of sp³-hybridized carbons (Fsp3) is 0.333. The van der Waals surface area contributed by atoms with E-state index in [2.05, 4.69) is 24.3 Å². The molecule has 3 aromatic rings. The van der Waals surface area contributed by atoms with Crippen molar-refractivity contribution in [1.29, 1.82) is 0 Å². The van der Waals surface area contributed by atoms with Crippen molar-refractivity contribution in [3.8, 4) is 0 Å². The molecule has 6 heteroatoms. The lowest BCUT2D eigenvalue weighted by Crippen LogP contribution is -2.48. The summed E-state index contributed by atoms with van der Waals surface area (Å²) >= 11 is 3.16. The van der Waals surface area contributed by atoms with Gasteiger partial charge >= 0.3 is 0 Å². The summed E-state index contributed by atoms with van der Waals surface area (Å²) in [4.78, 5) is 31.3. The van der Waals surface area contributed by atoms with Crippen molar-refractivity contribution in [2.75, 3.05) is 26.4 Å².